The van der Waals surface area contributed by atoms with Gasteiger partial charge in [-0.25, -0.2) is 8.78 Å². The molecular formula is C10H12ClF2NO. The minimum absolute atomic E-state index is 0.0857. The van der Waals surface area contributed by atoms with Gasteiger partial charge in [-0.1, -0.05) is 11.6 Å². The van der Waals surface area contributed by atoms with E-state index in [9.17, 15) is 8.78 Å². The first-order valence-corrected chi connectivity index (χ1v) is 4.84. The van der Waals surface area contributed by atoms with Crippen LogP contribution in [0.5, 0.6) is 5.75 Å². The van der Waals surface area contributed by atoms with Crippen LogP contribution in [0.15, 0.2) is 6.07 Å². The maximum Gasteiger partial charge on any atom is 0.165 e. The molecule has 0 unspecified atom stereocenters. The summed E-state index contributed by atoms with van der Waals surface area (Å²) in [4.78, 5) is 0. The number of halogens is 3. The van der Waals surface area contributed by atoms with Gasteiger partial charge in [0.15, 0.2) is 11.6 Å². The Labute approximate surface area is 92.2 Å². The predicted molar refractivity (Wildman–Crippen MR) is 55.6 cm³/mol. The van der Waals surface area contributed by atoms with Crippen molar-refractivity contribution >= 4 is 11.6 Å². The smallest absolute Gasteiger partial charge is 0.165 e. The first-order chi connectivity index (χ1) is 7.11. The first-order valence-electron chi connectivity index (χ1n) is 4.46. The molecule has 0 fully saturated rings. The van der Waals surface area contributed by atoms with Gasteiger partial charge in [0.1, 0.15) is 5.75 Å². The van der Waals surface area contributed by atoms with Gasteiger partial charge in [-0.3, -0.25) is 0 Å². The van der Waals surface area contributed by atoms with Crippen molar-refractivity contribution in [2.45, 2.75) is 6.42 Å². The molecule has 0 amide bonds. The maximum absolute atomic E-state index is 13.4. The molecule has 0 bridgehead atoms. The van der Waals surface area contributed by atoms with E-state index in [-0.39, 0.29) is 16.3 Å². The van der Waals surface area contributed by atoms with Crippen molar-refractivity contribution < 1.29 is 13.5 Å². The summed E-state index contributed by atoms with van der Waals surface area (Å²) in [5.41, 5.74) is 0.164. The third-order valence-corrected chi connectivity index (χ3v) is 2.33. The minimum atomic E-state index is -0.952. The van der Waals surface area contributed by atoms with Crippen molar-refractivity contribution in [1.82, 2.24) is 5.32 Å². The van der Waals surface area contributed by atoms with Crippen LogP contribution >= 0.6 is 11.6 Å². The summed E-state index contributed by atoms with van der Waals surface area (Å²) >= 11 is 5.73. The molecular weight excluding hydrogens is 224 g/mol. The Hall–Kier alpha value is -0.870. The summed E-state index contributed by atoms with van der Waals surface area (Å²) in [7, 11) is 3.10. The molecule has 5 heteroatoms. The average molecular weight is 236 g/mol. The molecule has 1 aromatic carbocycles. The lowest BCUT2D eigenvalue weighted by atomic mass is 10.1. The lowest BCUT2D eigenvalue weighted by Crippen LogP contribution is -2.12. The molecule has 1 rings (SSSR count). The van der Waals surface area contributed by atoms with E-state index in [1.165, 1.54) is 7.11 Å². The van der Waals surface area contributed by atoms with Gasteiger partial charge in [0.05, 0.1) is 12.1 Å². The zero-order valence-electron chi connectivity index (χ0n) is 8.53. The van der Waals surface area contributed by atoms with Gasteiger partial charge in [0.2, 0.25) is 0 Å². The molecule has 0 spiro atoms. The fourth-order valence-electron chi connectivity index (χ4n) is 1.32. The predicted octanol–water partition coefficient (Wildman–Crippen LogP) is 2.39. The molecule has 1 aromatic rings. The number of ether oxygens (including phenoxy) is 1. The van der Waals surface area contributed by atoms with Crippen molar-refractivity contribution in [2.24, 2.45) is 0 Å². The molecule has 0 aliphatic heterocycles. The summed E-state index contributed by atoms with van der Waals surface area (Å²) in [6.07, 6.45) is 0.322. The Balaban J connectivity index is 3.18. The molecule has 0 aromatic heterocycles. The van der Waals surface area contributed by atoms with Gasteiger partial charge in [0.25, 0.3) is 0 Å². The van der Waals surface area contributed by atoms with Gasteiger partial charge in [-0.15, -0.1) is 0 Å². The molecule has 0 heterocycles. The van der Waals surface area contributed by atoms with E-state index in [1.807, 2.05) is 0 Å². The number of methoxy groups -OCH3 is 1. The monoisotopic (exact) mass is 235 g/mol. The third-order valence-electron chi connectivity index (χ3n) is 2.05. The molecule has 0 saturated heterocycles. The molecule has 0 atom stereocenters. The van der Waals surface area contributed by atoms with Gasteiger partial charge in [-0.2, -0.15) is 0 Å². The van der Waals surface area contributed by atoms with Crippen molar-refractivity contribution in [3.63, 3.8) is 0 Å². The van der Waals surface area contributed by atoms with Crippen LogP contribution in [0.25, 0.3) is 0 Å². The van der Waals surface area contributed by atoms with Crippen molar-refractivity contribution in [3.8, 4) is 5.75 Å². The van der Waals surface area contributed by atoms with Crippen molar-refractivity contribution in [3.05, 3.63) is 28.3 Å². The van der Waals surface area contributed by atoms with E-state index in [0.29, 0.717) is 13.0 Å². The maximum atomic E-state index is 13.4. The highest BCUT2D eigenvalue weighted by atomic mass is 35.5. The van der Waals surface area contributed by atoms with Crippen LogP contribution in [-0.2, 0) is 6.42 Å². The number of likely N-dealkylation sites (N-methyl/N-ethyl adjacent to an activating group) is 1. The first kappa shape index (κ1) is 12.2. The fraction of sp³-hybridized carbons (Fsp3) is 0.400. The second-order valence-corrected chi connectivity index (χ2v) is 3.43. The van der Waals surface area contributed by atoms with Crippen LogP contribution < -0.4 is 10.1 Å². The molecule has 0 saturated carbocycles. The Morgan fingerprint density at radius 3 is 2.67 bits per heavy atom. The van der Waals surface area contributed by atoms with Crippen LogP contribution in [0.1, 0.15) is 5.56 Å². The molecule has 0 aliphatic rings. The van der Waals surface area contributed by atoms with E-state index in [0.717, 1.165) is 6.07 Å². The fourth-order valence-corrected chi connectivity index (χ4v) is 1.61. The number of hydrogen-bond acceptors (Lipinski definition) is 2. The van der Waals surface area contributed by atoms with Crippen LogP contribution in [0, 0.1) is 11.6 Å². The van der Waals surface area contributed by atoms with Crippen LogP contribution in [-0.4, -0.2) is 20.7 Å². The summed E-state index contributed by atoms with van der Waals surface area (Å²) in [6.45, 7) is 0.521. The number of hydrogen-bond donors (Lipinski definition) is 1. The summed E-state index contributed by atoms with van der Waals surface area (Å²) in [5.74, 6) is -1.65. The van der Waals surface area contributed by atoms with Gasteiger partial charge in [-0.05, 0) is 26.1 Å². The lowest BCUT2D eigenvalue weighted by Gasteiger charge is -2.11. The van der Waals surface area contributed by atoms with E-state index < -0.39 is 11.6 Å². The molecule has 84 valence electrons. The van der Waals surface area contributed by atoms with Crippen molar-refractivity contribution in [2.75, 3.05) is 20.7 Å². The van der Waals surface area contributed by atoms with Crippen LogP contribution in [0.2, 0.25) is 5.02 Å². The van der Waals surface area contributed by atoms with E-state index in [4.69, 9.17) is 16.3 Å². The Morgan fingerprint density at radius 1 is 1.47 bits per heavy atom. The van der Waals surface area contributed by atoms with Gasteiger partial charge in [0, 0.05) is 5.56 Å². The van der Waals surface area contributed by atoms with Crippen LogP contribution in [0.3, 0.4) is 0 Å². The van der Waals surface area contributed by atoms with Gasteiger partial charge < -0.3 is 10.1 Å². The Bertz CT molecular complexity index is 358. The standard InChI is InChI=1S/C10H12ClF2NO/c1-14-4-3-6-9(13)8(12)5-7(11)10(6)15-2/h5,14H,3-4H2,1-2H3. The highest BCUT2D eigenvalue weighted by Gasteiger charge is 2.17. The number of benzene rings is 1. The zero-order chi connectivity index (χ0) is 11.4. The average Bonchev–Trinajstić information content (AvgIpc) is 2.21. The third kappa shape index (κ3) is 2.58. The van der Waals surface area contributed by atoms with Gasteiger partial charge >= 0.3 is 0 Å². The Morgan fingerprint density at radius 2 is 2.13 bits per heavy atom. The summed E-state index contributed by atoms with van der Waals surface area (Å²) < 4.78 is 31.4. The van der Waals surface area contributed by atoms with Crippen molar-refractivity contribution in [1.29, 1.82) is 0 Å². The largest absolute Gasteiger partial charge is 0.495 e. The minimum Gasteiger partial charge on any atom is -0.495 e. The van der Waals surface area contributed by atoms with Crippen LogP contribution in [0.4, 0.5) is 8.78 Å². The normalized spacial score (nSPS) is 10.5. The molecule has 1 N–H and O–H groups in total. The topological polar surface area (TPSA) is 21.3 Å². The quantitative estimate of drug-likeness (QED) is 0.810. The molecule has 15 heavy (non-hydrogen) atoms. The SMILES string of the molecule is CNCCc1c(F)c(F)cc(Cl)c1OC. The summed E-state index contributed by atoms with van der Waals surface area (Å²) in [5, 5.41) is 2.93. The lowest BCUT2D eigenvalue weighted by molar-refractivity contribution is 0.398. The van der Waals surface area contributed by atoms with E-state index in [1.54, 1.807) is 7.05 Å². The highest BCUT2D eigenvalue weighted by molar-refractivity contribution is 6.32. The van der Waals surface area contributed by atoms with E-state index in [2.05, 4.69) is 5.32 Å². The molecule has 0 radical (unpaired) electrons. The highest BCUT2D eigenvalue weighted by Crippen LogP contribution is 2.32. The number of nitrogens with one attached hydrogen (secondary N) is 1. The second kappa shape index (κ2) is 5.28. The number of rotatable bonds is 4. The molecule has 2 nitrogen and oxygen atoms in total. The zero-order valence-corrected chi connectivity index (χ0v) is 9.29. The van der Waals surface area contributed by atoms with E-state index >= 15 is 0 Å². The second-order valence-electron chi connectivity index (χ2n) is 3.02. The molecule has 0 aliphatic carbocycles. The summed E-state index contributed by atoms with van der Waals surface area (Å²) in [6, 6.07) is 0.915. The Kier molecular flexibility index (Phi) is 4.29.